The Hall–Kier alpha value is -0.995. The number of hydrogen-bond donors (Lipinski definition) is 1. The Kier molecular flexibility index (Phi) is 6.55. The lowest BCUT2D eigenvalue weighted by molar-refractivity contribution is -0.143. The van der Waals surface area contributed by atoms with Crippen LogP contribution in [0, 0.1) is 5.92 Å². The van der Waals surface area contributed by atoms with Crippen molar-refractivity contribution in [1.82, 2.24) is 4.90 Å². The van der Waals surface area contributed by atoms with E-state index in [1.54, 1.807) is 0 Å². The van der Waals surface area contributed by atoms with Crippen molar-refractivity contribution in [2.24, 2.45) is 5.92 Å². The molecular formula is C18H25BClNO2. The smallest absolute Gasteiger partial charge is 0.300 e. The molecule has 1 aromatic rings. The van der Waals surface area contributed by atoms with Crippen molar-refractivity contribution in [2.45, 2.75) is 50.9 Å². The van der Waals surface area contributed by atoms with Crippen LogP contribution in [0.25, 0.3) is 0 Å². The third kappa shape index (κ3) is 4.74. The summed E-state index contributed by atoms with van der Waals surface area (Å²) in [7, 11) is 6.28. The molecule has 1 fully saturated rings. The van der Waals surface area contributed by atoms with E-state index in [2.05, 4.69) is 11.8 Å². The number of likely N-dealkylation sites (tertiary alicyclic amines) is 1. The first-order valence-corrected chi connectivity index (χ1v) is 8.82. The van der Waals surface area contributed by atoms with Gasteiger partial charge in [-0.15, -0.1) is 0 Å². The molecule has 1 aliphatic heterocycles. The molecule has 0 bridgehead atoms. The number of hydrogen-bond acceptors (Lipinski definition) is 2. The standard InChI is InChI=1S/C18H25BClNO2/c1-2-3-10-18(19,17(22)23)15-8-11-21(12-9-15)13-14-4-6-16(20)7-5-14/h4-7,15H,2-3,8-13H2,1H3,(H,22,23). The molecule has 1 heterocycles. The first-order valence-electron chi connectivity index (χ1n) is 8.44. The molecule has 0 aliphatic carbocycles. The normalized spacial score (nSPS) is 19.4. The Morgan fingerprint density at radius 1 is 1.35 bits per heavy atom. The van der Waals surface area contributed by atoms with E-state index in [4.69, 9.17) is 19.4 Å². The fraction of sp³-hybridized carbons (Fsp3) is 0.611. The zero-order valence-corrected chi connectivity index (χ0v) is 14.6. The summed E-state index contributed by atoms with van der Waals surface area (Å²) in [6, 6.07) is 7.90. The van der Waals surface area contributed by atoms with Gasteiger partial charge in [0.15, 0.2) is 0 Å². The van der Waals surface area contributed by atoms with Crippen molar-refractivity contribution in [1.29, 1.82) is 0 Å². The molecule has 1 aliphatic rings. The van der Waals surface area contributed by atoms with Gasteiger partial charge in [0.1, 0.15) is 0 Å². The van der Waals surface area contributed by atoms with Crippen molar-refractivity contribution in [3.05, 3.63) is 34.9 Å². The van der Waals surface area contributed by atoms with E-state index in [1.807, 2.05) is 24.3 Å². The van der Waals surface area contributed by atoms with Gasteiger partial charge in [0.25, 0.3) is 0 Å². The molecule has 2 rings (SSSR count). The van der Waals surface area contributed by atoms with Crippen LogP contribution in [0.1, 0.15) is 44.6 Å². The molecule has 2 radical (unpaired) electrons. The first-order chi connectivity index (χ1) is 11.0. The number of benzene rings is 1. The van der Waals surface area contributed by atoms with Crippen LogP contribution in [0.3, 0.4) is 0 Å². The number of aliphatic carboxylic acids is 1. The summed E-state index contributed by atoms with van der Waals surface area (Å²) < 4.78 is 0. The van der Waals surface area contributed by atoms with Crippen LogP contribution in [-0.2, 0) is 11.3 Å². The van der Waals surface area contributed by atoms with Gasteiger partial charge in [0, 0.05) is 16.9 Å². The van der Waals surface area contributed by atoms with Crippen LogP contribution in [0.2, 0.25) is 10.3 Å². The lowest BCUT2D eigenvalue weighted by atomic mass is 9.56. The van der Waals surface area contributed by atoms with Crippen LogP contribution >= 0.6 is 11.6 Å². The number of carboxylic acid groups (broad SMARTS) is 1. The Morgan fingerprint density at radius 3 is 2.48 bits per heavy atom. The van der Waals surface area contributed by atoms with E-state index in [-0.39, 0.29) is 5.92 Å². The molecule has 1 saturated heterocycles. The average molecular weight is 334 g/mol. The highest BCUT2D eigenvalue weighted by Crippen LogP contribution is 2.43. The minimum Gasteiger partial charge on any atom is -0.481 e. The van der Waals surface area contributed by atoms with Gasteiger partial charge in [-0.2, -0.15) is 0 Å². The van der Waals surface area contributed by atoms with Gasteiger partial charge in [-0.05, 0) is 56.0 Å². The number of unbranched alkanes of at least 4 members (excludes halogenated alkanes) is 1. The molecule has 0 amide bonds. The molecule has 5 heteroatoms. The molecule has 0 aromatic heterocycles. The predicted molar refractivity (Wildman–Crippen MR) is 95.1 cm³/mol. The third-order valence-corrected chi connectivity index (χ3v) is 5.23. The summed E-state index contributed by atoms with van der Waals surface area (Å²) in [5.74, 6) is -0.782. The molecular weight excluding hydrogens is 308 g/mol. The summed E-state index contributed by atoms with van der Waals surface area (Å²) in [6.45, 7) is 4.73. The summed E-state index contributed by atoms with van der Waals surface area (Å²) in [4.78, 5) is 14.0. The first kappa shape index (κ1) is 18.3. The van der Waals surface area contributed by atoms with Crippen molar-refractivity contribution in [3.8, 4) is 0 Å². The molecule has 124 valence electrons. The second-order valence-corrected chi connectivity index (χ2v) is 7.06. The number of nitrogens with zero attached hydrogens (tertiary/aromatic N) is 1. The number of piperidine rings is 1. The fourth-order valence-corrected chi connectivity index (χ4v) is 3.54. The summed E-state index contributed by atoms with van der Waals surface area (Å²) in [6.07, 6.45) is 4.11. The lowest BCUT2D eigenvalue weighted by Gasteiger charge is -2.40. The summed E-state index contributed by atoms with van der Waals surface area (Å²) >= 11 is 5.91. The fourth-order valence-electron chi connectivity index (χ4n) is 3.41. The van der Waals surface area contributed by atoms with Crippen molar-refractivity contribution < 1.29 is 9.90 Å². The monoisotopic (exact) mass is 333 g/mol. The maximum atomic E-state index is 11.7. The van der Waals surface area contributed by atoms with Crippen LogP contribution in [-0.4, -0.2) is 36.9 Å². The molecule has 1 aromatic carbocycles. The third-order valence-electron chi connectivity index (χ3n) is 4.98. The largest absolute Gasteiger partial charge is 0.481 e. The average Bonchev–Trinajstić information content (AvgIpc) is 2.55. The van der Waals surface area contributed by atoms with Gasteiger partial charge < -0.3 is 5.11 Å². The Labute approximate surface area is 145 Å². The Balaban J connectivity index is 1.91. The van der Waals surface area contributed by atoms with E-state index < -0.39 is 11.3 Å². The minimum absolute atomic E-state index is 0.0630. The Bertz CT molecular complexity index is 514. The van der Waals surface area contributed by atoms with Crippen LogP contribution < -0.4 is 0 Å². The van der Waals surface area contributed by atoms with E-state index in [9.17, 15) is 9.90 Å². The SMILES string of the molecule is [B]C(CCCC)(C(=O)O)C1CCN(Cc2ccc(Cl)cc2)CC1. The van der Waals surface area contributed by atoms with Gasteiger partial charge in [0.2, 0.25) is 0 Å². The van der Waals surface area contributed by atoms with Crippen molar-refractivity contribution >= 4 is 25.4 Å². The number of carboxylic acids is 1. The van der Waals surface area contributed by atoms with Crippen LogP contribution in [0.5, 0.6) is 0 Å². The molecule has 0 saturated carbocycles. The second kappa shape index (κ2) is 8.21. The van der Waals surface area contributed by atoms with E-state index >= 15 is 0 Å². The highest BCUT2D eigenvalue weighted by Gasteiger charge is 2.41. The second-order valence-electron chi connectivity index (χ2n) is 6.63. The molecule has 1 N–H and O–H groups in total. The summed E-state index contributed by atoms with van der Waals surface area (Å²) in [5.41, 5.74) is 1.23. The quantitative estimate of drug-likeness (QED) is 0.762. The highest BCUT2D eigenvalue weighted by atomic mass is 35.5. The van der Waals surface area contributed by atoms with Gasteiger partial charge in [-0.1, -0.05) is 43.5 Å². The van der Waals surface area contributed by atoms with Gasteiger partial charge in [-0.25, -0.2) is 0 Å². The van der Waals surface area contributed by atoms with Crippen molar-refractivity contribution in [2.75, 3.05) is 13.1 Å². The van der Waals surface area contributed by atoms with Gasteiger partial charge >= 0.3 is 5.97 Å². The maximum absolute atomic E-state index is 11.7. The Morgan fingerprint density at radius 2 is 1.96 bits per heavy atom. The maximum Gasteiger partial charge on any atom is 0.300 e. The van der Waals surface area contributed by atoms with Gasteiger partial charge in [0.05, 0.1) is 7.85 Å². The molecule has 3 nitrogen and oxygen atoms in total. The van der Waals surface area contributed by atoms with Crippen LogP contribution in [0.4, 0.5) is 0 Å². The minimum atomic E-state index is -1.07. The van der Waals surface area contributed by atoms with Crippen molar-refractivity contribution in [3.63, 3.8) is 0 Å². The van der Waals surface area contributed by atoms with Gasteiger partial charge in [-0.3, -0.25) is 9.69 Å². The van der Waals surface area contributed by atoms with E-state index in [0.29, 0.717) is 6.42 Å². The van der Waals surface area contributed by atoms with E-state index in [1.165, 1.54) is 5.56 Å². The van der Waals surface area contributed by atoms with E-state index in [0.717, 1.165) is 50.3 Å². The number of halogens is 1. The van der Waals surface area contributed by atoms with Crippen LogP contribution in [0.15, 0.2) is 24.3 Å². The molecule has 1 unspecified atom stereocenters. The highest BCUT2D eigenvalue weighted by molar-refractivity contribution is 6.30. The number of rotatable bonds is 7. The molecule has 1 atom stereocenters. The zero-order chi connectivity index (χ0) is 16.9. The number of carbonyl (C=O) groups is 1. The molecule has 0 spiro atoms. The molecule has 23 heavy (non-hydrogen) atoms. The lowest BCUT2D eigenvalue weighted by Crippen LogP contribution is -2.41. The predicted octanol–water partition coefficient (Wildman–Crippen LogP) is 4.15. The summed E-state index contributed by atoms with van der Waals surface area (Å²) in [5, 5.41) is 9.27. The topological polar surface area (TPSA) is 40.5 Å². The zero-order valence-electron chi connectivity index (χ0n) is 13.8.